The summed E-state index contributed by atoms with van der Waals surface area (Å²) in [6, 6.07) is 4.78. The van der Waals surface area contributed by atoms with Gasteiger partial charge in [-0.15, -0.1) is 0 Å². The largest absolute Gasteiger partial charge is 0.456 e. The van der Waals surface area contributed by atoms with Gasteiger partial charge in [-0.2, -0.15) is 0 Å². The van der Waals surface area contributed by atoms with E-state index < -0.39 is 75.0 Å². The van der Waals surface area contributed by atoms with Gasteiger partial charge in [0.1, 0.15) is 30.0 Å². The molecule has 42 heavy (non-hydrogen) atoms. The van der Waals surface area contributed by atoms with Crippen LogP contribution in [0.4, 0.5) is 0 Å². The fraction of sp³-hybridized carbons (Fsp3) is 0.759. The Morgan fingerprint density at radius 2 is 1.36 bits per heavy atom. The third-order valence-corrected chi connectivity index (χ3v) is 10.1. The summed E-state index contributed by atoms with van der Waals surface area (Å²) in [7, 11) is -8.64. The molecule has 1 unspecified atom stereocenters. The minimum Gasteiger partial charge on any atom is -0.456 e. The van der Waals surface area contributed by atoms with Crippen molar-refractivity contribution >= 4 is 50.8 Å². The molecule has 0 aliphatic carbocycles. The third-order valence-electron chi connectivity index (χ3n) is 5.84. The molecule has 0 radical (unpaired) electrons. The van der Waals surface area contributed by atoms with Crippen LogP contribution in [0, 0.1) is 0 Å². The van der Waals surface area contributed by atoms with Crippen molar-refractivity contribution in [2.45, 2.75) is 135 Å². The molecular weight excluding hydrogens is 624 g/mol. The van der Waals surface area contributed by atoms with E-state index in [2.05, 4.69) is 78.6 Å². The Balaban J connectivity index is 2.83. The Labute approximate surface area is 263 Å². The van der Waals surface area contributed by atoms with Crippen LogP contribution >= 0.6 is 11.6 Å². The SMILES string of the molecule is CC(C)(C)OC(=O)c1cc(C2(O)O[C@H](CO[Si](C)(C)C)[C@@H](O[Si](C)(C)C)[C@H](O[Si](C)(C)C)[C@H]2O[Si](C)(C)C)ccc1Cl. The first-order valence-electron chi connectivity index (χ1n) is 14.7. The summed E-state index contributed by atoms with van der Waals surface area (Å²) >= 11 is 6.49. The van der Waals surface area contributed by atoms with Crippen LogP contribution in [0.2, 0.25) is 83.6 Å². The topological polar surface area (TPSA) is 92.7 Å². The van der Waals surface area contributed by atoms with E-state index in [1.165, 1.54) is 0 Å². The number of hydrogen-bond donors (Lipinski definition) is 1. The molecule has 1 fully saturated rings. The number of ether oxygens (including phenoxy) is 2. The van der Waals surface area contributed by atoms with Crippen molar-refractivity contribution in [2.24, 2.45) is 0 Å². The van der Waals surface area contributed by atoms with E-state index in [0.717, 1.165) is 0 Å². The molecule has 0 spiro atoms. The van der Waals surface area contributed by atoms with Gasteiger partial charge in [0.15, 0.2) is 33.3 Å². The molecule has 0 saturated carbocycles. The van der Waals surface area contributed by atoms with E-state index >= 15 is 0 Å². The molecule has 0 amide bonds. The maximum atomic E-state index is 13.2. The summed E-state index contributed by atoms with van der Waals surface area (Å²) in [6.45, 7) is 30.8. The number of aliphatic hydroxyl groups is 1. The van der Waals surface area contributed by atoms with Crippen LogP contribution in [0.5, 0.6) is 0 Å². The minimum atomic E-state index is -2.31. The second-order valence-corrected chi connectivity index (χ2v) is 34.3. The lowest BCUT2D eigenvalue weighted by atomic mass is 9.87. The van der Waals surface area contributed by atoms with Gasteiger partial charge in [-0.05, 0) is 111 Å². The molecule has 2 rings (SSSR count). The van der Waals surface area contributed by atoms with E-state index in [0.29, 0.717) is 5.56 Å². The van der Waals surface area contributed by atoms with Gasteiger partial charge in [0, 0.05) is 5.56 Å². The minimum absolute atomic E-state index is 0.130. The van der Waals surface area contributed by atoms with Crippen LogP contribution in [0.15, 0.2) is 18.2 Å². The van der Waals surface area contributed by atoms with E-state index in [9.17, 15) is 9.90 Å². The Hall–Kier alpha value is -0.392. The van der Waals surface area contributed by atoms with Crippen molar-refractivity contribution in [3.63, 3.8) is 0 Å². The van der Waals surface area contributed by atoms with Crippen LogP contribution in [-0.2, 0) is 33.0 Å². The maximum Gasteiger partial charge on any atom is 0.340 e. The number of halogens is 1. The molecule has 13 heteroatoms. The van der Waals surface area contributed by atoms with E-state index in [4.69, 9.17) is 38.8 Å². The Morgan fingerprint density at radius 3 is 1.81 bits per heavy atom. The fourth-order valence-electron chi connectivity index (χ4n) is 4.52. The molecule has 1 aromatic carbocycles. The Bertz CT molecular complexity index is 1090. The van der Waals surface area contributed by atoms with Crippen LogP contribution < -0.4 is 0 Å². The van der Waals surface area contributed by atoms with Crippen molar-refractivity contribution in [3.05, 3.63) is 34.3 Å². The lowest BCUT2D eigenvalue weighted by Gasteiger charge is -2.54. The number of hydrogen-bond acceptors (Lipinski definition) is 8. The smallest absolute Gasteiger partial charge is 0.340 e. The Morgan fingerprint density at radius 1 is 0.857 bits per heavy atom. The third kappa shape index (κ3) is 11.5. The molecule has 1 heterocycles. The normalized spacial score (nSPS) is 26.3. The van der Waals surface area contributed by atoms with Gasteiger partial charge in [-0.3, -0.25) is 0 Å². The van der Waals surface area contributed by atoms with Gasteiger partial charge in [0.2, 0.25) is 5.79 Å². The maximum absolute atomic E-state index is 13.2. The molecule has 0 bridgehead atoms. The van der Waals surface area contributed by atoms with Gasteiger partial charge >= 0.3 is 5.97 Å². The molecule has 1 aliphatic heterocycles. The first-order chi connectivity index (χ1) is 18.6. The van der Waals surface area contributed by atoms with E-state index in [1.54, 1.807) is 39.0 Å². The van der Waals surface area contributed by atoms with Gasteiger partial charge in [0.25, 0.3) is 0 Å². The molecule has 1 saturated heterocycles. The summed E-state index contributed by atoms with van der Waals surface area (Å²) in [6.07, 6.45) is -2.83. The predicted molar refractivity (Wildman–Crippen MR) is 179 cm³/mol. The molecule has 1 N–H and O–H groups in total. The zero-order valence-corrected chi connectivity index (χ0v) is 33.2. The zero-order valence-electron chi connectivity index (χ0n) is 28.4. The highest BCUT2D eigenvalue weighted by Crippen LogP contribution is 2.44. The standard InChI is InChI=1S/C29H55ClO8Si4/c1-28(2,3)35-27(31)21-18-20(16-17-22(21)30)29(32)26(38-42(13,14)15)25(37-41(10,11)12)24(36-40(7,8)9)23(34-29)19-33-39(4,5)6/h16-18,23-26,32H,19H2,1-15H3/t23-,24-,25+,26-,29?/m1/s1. The molecule has 8 nitrogen and oxygen atoms in total. The summed E-state index contributed by atoms with van der Waals surface area (Å²) in [5.74, 6) is -2.59. The van der Waals surface area contributed by atoms with E-state index in [1.807, 2.05) is 0 Å². The zero-order chi connectivity index (χ0) is 32.7. The highest BCUT2D eigenvalue weighted by molar-refractivity contribution is 6.71. The molecule has 5 atom stereocenters. The molecular formula is C29H55ClO8Si4. The lowest BCUT2D eigenvalue weighted by molar-refractivity contribution is -0.348. The van der Waals surface area contributed by atoms with Crippen molar-refractivity contribution < 1.29 is 37.1 Å². The summed E-state index contributed by atoms with van der Waals surface area (Å²) in [5, 5.41) is 12.9. The van der Waals surface area contributed by atoms with Gasteiger partial charge in [-0.1, -0.05) is 17.7 Å². The highest BCUT2D eigenvalue weighted by Gasteiger charge is 2.59. The predicted octanol–water partition coefficient (Wildman–Crippen LogP) is 7.35. The molecule has 1 aliphatic rings. The number of esters is 1. The summed E-state index contributed by atoms with van der Waals surface area (Å²) in [5.41, 5.74) is -0.273. The average molecular weight is 680 g/mol. The van der Waals surface area contributed by atoms with Crippen LogP contribution in [-0.4, -0.2) is 81.0 Å². The first kappa shape index (κ1) is 37.8. The number of rotatable bonds is 11. The van der Waals surface area contributed by atoms with Crippen LogP contribution in [0.3, 0.4) is 0 Å². The van der Waals surface area contributed by atoms with E-state index in [-0.39, 0.29) is 17.2 Å². The van der Waals surface area contributed by atoms with Crippen molar-refractivity contribution in [1.82, 2.24) is 0 Å². The second kappa shape index (κ2) is 13.1. The molecule has 0 aromatic heterocycles. The highest BCUT2D eigenvalue weighted by atomic mass is 35.5. The number of benzene rings is 1. The van der Waals surface area contributed by atoms with Crippen molar-refractivity contribution in [2.75, 3.05) is 6.61 Å². The van der Waals surface area contributed by atoms with Gasteiger partial charge < -0.3 is 32.3 Å². The summed E-state index contributed by atoms with van der Waals surface area (Å²) in [4.78, 5) is 13.2. The number of carbonyl (C=O) groups excluding carboxylic acids is 1. The van der Waals surface area contributed by atoms with Crippen molar-refractivity contribution in [1.29, 1.82) is 0 Å². The van der Waals surface area contributed by atoms with Crippen LogP contribution in [0.1, 0.15) is 36.7 Å². The average Bonchev–Trinajstić information content (AvgIpc) is 2.73. The second-order valence-electron chi connectivity index (χ2n) is 16.0. The quantitative estimate of drug-likeness (QED) is 0.192. The van der Waals surface area contributed by atoms with Gasteiger partial charge in [-0.25, -0.2) is 4.79 Å². The molecule has 1 aromatic rings. The van der Waals surface area contributed by atoms with Crippen LogP contribution in [0.25, 0.3) is 0 Å². The lowest BCUT2D eigenvalue weighted by Crippen LogP contribution is -2.69. The monoisotopic (exact) mass is 678 g/mol. The van der Waals surface area contributed by atoms with Gasteiger partial charge in [0.05, 0.1) is 17.2 Å². The number of carbonyl (C=O) groups is 1. The first-order valence-corrected chi connectivity index (χ1v) is 28.7. The molecule has 242 valence electrons. The van der Waals surface area contributed by atoms with Crippen molar-refractivity contribution in [3.8, 4) is 0 Å². The Kier molecular flexibility index (Phi) is 11.8. The fourth-order valence-corrected chi connectivity index (χ4v) is 8.61. The summed E-state index contributed by atoms with van der Waals surface area (Å²) < 4.78 is 39.1.